The highest BCUT2D eigenvalue weighted by molar-refractivity contribution is 6.06. The quantitative estimate of drug-likeness (QED) is 0.911. The van der Waals surface area contributed by atoms with Gasteiger partial charge in [0.15, 0.2) is 0 Å². The number of amides is 2. The first-order chi connectivity index (χ1) is 12.3. The molecule has 0 unspecified atom stereocenters. The molecule has 2 amide bonds. The molecule has 0 atom stereocenters. The van der Waals surface area contributed by atoms with Crippen LogP contribution < -0.4 is 5.32 Å². The zero-order chi connectivity index (χ0) is 18.9. The van der Waals surface area contributed by atoms with Crippen LogP contribution in [0.15, 0.2) is 30.5 Å². The average Bonchev–Trinajstić information content (AvgIpc) is 2.98. The summed E-state index contributed by atoms with van der Waals surface area (Å²) in [7, 11) is 0. The number of rotatable bonds is 4. The molecule has 1 aliphatic rings. The van der Waals surface area contributed by atoms with Crippen LogP contribution in [-0.2, 0) is 4.79 Å². The van der Waals surface area contributed by atoms with Crippen LogP contribution in [0.4, 0.5) is 8.78 Å². The summed E-state index contributed by atoms with van der Waals surface area (Å²) >= 11 is 0. The Hall–Kier alpha value is -2.57. The molecule has 0 saturated carbocycles. The fraction of sp³-hybridized carbons (Fsp3) is 0.421. The van der Waals surface area contributed by atoms with Crippen molar-refractivity contribution >= 4 is 22.7 Å². The number of nitrogens with one attached hydrogen (secondary N) is 1. The minimum absolute atomic E-state index is 0.0118. The van der Waals surface area contributed by atoms with E-state index >= 15 is 0 Å². The highest BCUT2D eigenvalue weighted by Gasteiger charge is 2.40. The molecule has 1 aromatic heterocycles. The van der Waals surface area contributed by atoms with Crippen molar-refractivity contribution in [2.24, 2.45) is 0 Å². The van der Waals surface area contributed by atoms with Crippen molar-refractivity contribution in [3.05, 3.63) is 41.6 Å². The van der Waals surface area contributed by atoms with Crippen molar-refractivity contribution in [3.8, 4) is 0 Å². The number of carbonyl (C=O) groups excluding carboxylic acids is 2. The zero-order valence-corrected chi connectivity index (χ0v) is 14.8. The number of hydrogen-bond acceptors (Lipinski definition) is 3. The highest BCUT2D eigenvalue weighted by atomic mass is 19.3. The normalized spacial score (nSPS) is 16.3. The van der Waals surface area contributed by atoms with Gasteiger partial charge < -0.3 is 10.2 Å². The molecule has 1 saturated heterocycles. The largest absolute Gasteiger partial charge is 0.343 e. The molecule has 5 nitrogen and oxygen atoms in total. The molecular formula is C19H21F2N3O2. The topological polar surface area (TPSA) is 62.3 Å². The third kappa shape index (κ3) is 3.81. The molecule has 2 aromatic rings. The number of alkyl halides is 2. The van der Waals surface area contributed by atoms with Crippen molar-refractivity contribution in [2.45, 2.75) is 32.1 Å². The second-order valence-corrected chi connectivity index (χ2v) is 6.89. The Morgan fingerprint density at radius 3 is 2.73 bits per heavy atom. The van der Waals surface area contributed by atoms with Crippen molar-refractivity contribution in [1.82, 2.24) is 15.2 Å². The number of aromatic nitrogens is 1. The fourth-order valence-corrected chi connectivity index (χ4v) is 3.03. The van der Waals surface area contributed by atoms with Crippen LogP contribution in [0.1, 0.15) is 42.1 Å². The van der Waals surface area contributed by atoms with E-state index in [-0.39, 0.29) is 19.5 Å². The van der Waals surface area contributed by atoms with E-state index < -0.39 is 24.3 Å². The predicted molar refractivity (Wildman–Crippen MR) is 94.3 cm³/mol. The summed E-state index contributed by atoms with van der Waals surface area (Å²) < 4.78 is 26.4. The van der Waals surface area contributed by atoms with Crippen molar-refractivity contribution in [1.29, 1.82) is 0 Å². The molecule has 7 heteroatoms. The molecule has 138 valence electrons. The minimum atomic E-state index is -2.84. The van der Waals surface area contributed by atoms with E-state index in [2.05, 4.69) is 24.1 Å². The van der Waals surface area contributed by atoms with E-state index in [4.69, 9.17) is 0 Å². The van der Waals surface area contributed by atoms with E-state index in [0.717, 1.165) is 10.5 Å². The molecule has 0 aliphatic carbocycles. The monoisotopic (exact) mass is 361 g/mol. The Labute approximate surface area is 150 Å². The molecule has 1 aliphatic heterocycles. The van der Waals surface area contributed by atoms with Crippen LogP contribution >= 0.6 is 0 Å². The maximum Gasteiger partial charge on any atom is 0.267 e. The first kappa shape index (κ1) is 18.2. The maximum absolute atomic E-state index is 13.2. The Morgan fingerprint density at radius 1 is 1.31 bits per heavy atom. The predicted octanol–water partition coefficient (Wildman–Crippen LogP) is 2.96. The van der Waals surface area contributed by atoms with E-state index in [1.807, 2.05) is 18.2 Å². The third-order valence-electron chi connectivity index (χ3n) is 4.60. The number of hydrogen-bond donors (Lipinski definition) is 1. The number of fused-ring (bicyclic) bond motifs is 1. The van der Waals surface area contributed by atoms with Crippen LogP contribution in [0.3, 0.4) is 0 Å². The van der Waals surface area contributed by atoms with Gasteiger partial charge in [-0.25, -0.2) is 8.78 Å². The lowest BCUT2D eigenvalue weighted by Crippen LogP contribution is -2.40. The molecule has 26 heavy (non-hydrogen) atoms. The van der Waals surface area contributed by atoms with Gasteiger partial charge in [-0.05, 0) is 23.6 Å². The number of nitrogens with zero attached hydrogens (tertiary/aromatic N) is 2. The number of likely N-dealkylation sites (tertiary alicyclic amines) is 1. The molecule has 3 rings (SSSR count). The van der Waals surface area contributed by atoms with E-state index in [1.54, 1.807) is 12.3 Å². The number of benzene rings is 1. The Morgan fingerprint density at radius 2 is 2.08 bits per heavy atom. The van der Waals surface area contributed by atoms with Gasteiger partial charge in [-0.2, -0.15) is 0 Å². The first-order valence-corrected chi connectivity index (χ1v) is 8.59. The summed E-state index contributed by atoms with van der Waals surface area (Å²) in [6, 6.07) is 7.31. The summed E-state index contributed by atoms with van der Waals surface area (Å²) in [6.45, 7) is 3.27. The zero-order valence-electron chi connectivity index (χ0n) is 14.8. The molecule has 1 N–H and O–H groups in total. The smallest absolute Gasteiger partial charge is 0.267 e. The average molecular weight is 361 g/mol. The van der Waals surface area contributed by atoms with Crippen LogP contribution in [0.25, 0.3) is 10.9 Å². The molecule has 1 fully saturated rings. The van der Waals surface area contributed by atoms with E-state index in [1.165, 1.54) is 0 Å². The van der Waals surface area contributed by atoms with Crippen LogP contribution in [-0.4, -0.2) is 47.3 Å². The standard InChI is InChI=1S/C19H21F2N3O2/c1-12(2)13-3-4-14-15(5-7-22-16(14)9-13)18(26)23-10-17(25)24-8-6-19(20,21)11-24/h3-5,7,9,12H,6,8,10-11H2,1-2H3,(H,23,26). The SMILES string of the molecule is CC(C)c1ccc2c(C(=O)NCC(=O)N3CCC(F)(F)C3)ccnc2c1. The second-order valence-electron chi connectivity index (χ2n) is 6.89. The minimum Gasteiger partial charge on any atom is -0.343 e. The summed E-state index contributed by atoms with van der Waals surface area (Å²) in [5.74, 6) is -3.42. The fourth-order valence-electron chi connectivity index (χ4n) is 3.03. The number of carbonyl (C=O) groups is 2. The van der Waals surface area contributed by atoms with Gasteiger partial charge in [0.1, 0.15) is 0 Å². The van der Waals surface area contributed by atoms with Gasteiger partial charge in [0.2, 0.25) is 5.91 Å². The summed E-state index contributed by atoms with van der Waals surface area (Å²) in [5, 5.41) is 3.22. The second kappa shape index (κ2) is 6.97. The van der Waals surface area contributed by atoms with Crippen molar-refractivity contribution in [2.75, 3.05) is 19.6 Å². The van der Waals surface area contributed by atoms with Gasteiger partial charge >= 0.3 is 0 Å². The summed E-state index contributed by atoms with van der Waals surface area (Å²) in [5.41, 5.74) is 2.23. The molecular weight excluding hydrogens is 340 g/mol. The van der Waals surface area contributed by atoms with E-state index in [0.29, 0.717) is 22.4 Å². The van der Waals surface area contributed by atoms with Gasteiger partial charge in [-0.3, -0.25) is 14.6 Å². The van der Waals surface area contributed by atoms with Crippen molar-refractivity contribution < 1.29 is 18.4 Å². The van der Waals surface area contributed by atoms with Gasteiger partial charge in [-0.15, -0.1) is 0 Å². The molecule has 1 aromatic carbocycles. The van der Waals surface area contributed by atoms with E-state index in [9.17, 15) is 18.4 Å². The highest BCUT2D eigenvalue weighted by Crippen LogP contribution is 2.26. The Kier molecular flexibility index (Phi) is 4.89. The Bertz CT molecular complexity index is 852. The molecule has 0 bridgehead atoms. The third-order valence-corrected chi connectivity index (χ3v) is 4.60. The van der Waals surface area contributed by atoms with Gasteiger partial charge in [0, 0.05) is 24.5 Å². The molecule has 0 spiro atoms. The lowest BCUT2D eigenvalue weighted by Gasteiger charge is -2.16. The lowest BCUT2D eigenvalue weighted by atomic mass is 9.99. The van der Waals surface area contributed by atoms with Crippen molar-refractivity contribution in [3.63, 3.8) is 0 Å². The van der Waals surface area contributed by atoms with Gasteiger partial charge in [0.05, 0.1) is 24.2 Å². The summed E-state index contributed by atoms with van der Waals surface area (Å²) in [4.78, 5) is 29.9. The lowest BCUT2D eigenvalue weighted by molar-refractivity contribution is -0.130. The molecule has 2 heterocycles. The van der Waals surface area contributed by atoms with Crippen LogP contribution in [0.5, 0.6) is 0 Å². The van der Waals surface area contributed by atoms with Crippen LogP contribution in [0, 0.1) is 0 Å². The summed E-state index contributed by atoms with van der Waals surface area (Å²) in [6.07, 6.45) is 1.21. The van der Waals surface area contributed by atoms with Gasteiger partial charge in [0.25, 0.3) is 11.8 Å². The van der Waals surface area contributed by atoms with Crippen LogP contribution in [0.2, 0.25) is 0 Å². The Balaban J connectivity index is 1.71. The first-order valence-electron chi connectivity index (χ1n) is 8.59. The number of pyridine rings is 1. The molecule has 0 radical (unpaired) electrons. The maximum atomic E-state index is 13.2. The number of halogens is 2. The van der Waals surface area contributed by atoms with Gasteiger partial charge in [-0.1, -0.05) is 26.0 Å².